The van der Waals surface area contributed by atoms with Crippen molar-refractivity contribution < 1.29 is 32.7 Å². The summed E-state index contributed by atoms with van der Waals surface area (Å²) in [7, 11) is -2.26. The average Bonchev–Trinajstić information content (AvgIpc) is 3.20. The van der Waals surface area contributed by atoms with Gasteiger partial charge in [-0.1, -0.05) is 32.4 Å². The number of hydrogen-bond donors (Lipinski definition) is 2. The third kappa shape index (κ3) is 5.54. The zero-order valence-electron chi connectivity index (χ0n) is 23.6. The number of aliphatic carboxylic acids is 1. The lowest BCUT2D eigenvalue weighted by atomic mass is 9.78. The van der Waals surface area contributed by atoms with E-state index in [1.165, 1.54) is 24.4 Å². The van der Waals surface area contributed by atoms with Crippen molar-refractivity contribution in [1.82, 2.24) is 9.88 Å². The third-order valence-corrected chi connectivity index (χ3v) is 13.5. The molecular weight excluding hydrogens is 572 g/mol. The molecule has 4 atom stereocenters. The molecule has 4 rings (SSSR count). The van der Waals surface area contributed by atoms with Crippen LogP contribution in [0.3, 0.4) is 0 Å². The van der Waals surface area contributed by atoms with Crippen LogP contribution in [0.15, 0.2) is 30.5 Å². The molecule has 0 spiro atoms. The largest absolute Gasteiger partial charge is 0.480 e. The molecule has 3 N–H and O–H groups in total. The molecule has 2 aromatic rings. The predicted octanol–water partition coefficient (Wildman–Crippen LogP) is 5.56. The van der Waals surface area contributed by atoms with E-state index in [2.05, 4.69) is 25.8 Å². The lowest BCUT2D eigenvalue weighted by molar-refractivity contribution is -0.148. The lowest BCUT2D eigenvalue weighted by Crippen LogP contribution is -2.47. The SMILES string of the molecule is CC(C)(C)[Si](C)(C)OCc1nccc(C2C(CC=O)C3CC(c4c(N)ccc(Cl)c4F)=CC(=O)N3[C@@H]2C(=O)O)c1F. The average molecular weight is 606 g/mol. The van der Waals surface area contributed by atoms with Gasteiger partial charge >= 0.3 is 5.97 Å². The number of nitrogen functional groups attached to an aromatic ring is 1. The molecular formula is C29H34ClF2N3O5Si. The smallest absolute Gasteiger partial charge is 0.327 e. The van der Waals surface area contributed by atoms with Crippen LogP contribution in [0.4, 0.5) is 14.5 Å². The number of anilines is 1. The van der Waals surface area contributed by atoms with E-state index in [4.69, 9.17) is 21.8 Å². The maximum Gasteiger partial charge on any atom is 0.327 e. The Morgan fingerprint density at radius 3 is 2.56 bits per heavy atom. The number of rotatable bonds is 8. The van der Waals surface area contributed by atoms with Gasteiger partial charge in [-0.3, -0.25) is 9.78 Å². The number of carboxylic acid groups (broad SMARTS) is 1. The molecule has 41 heavy (non-hydrogen) atoms. The Labute approximate surface area is 243 Å². The minimum absolute atomic E-state index is 0.0000316. The van der Waals surface area contributed by atoms with Gasteiger partial charge in [-0.15, -0.1) is 0 Å². The maximum absolute atomic E-state index is 16.1. The van der Waals surface area contributed by atoms with E-state index < -0.39 is 55.7 Å². The number of fused-ring (bicyclic) bond motifs is 1. The molecule has 3 heterocycles. The molecule has 220 valence electrons. The van der Waals surface area contributed by atoms with Crippen LogP contribution in [0.25, 0.3) is 5.57 Å². The fourth-order valence-electron chi connectivity index (χ4n) is 5.60. The van der Waals surface area contributed by atoms with Gasteiger partial charge < -0.3 is 25.0 Å². The summed E-state index contributed by atoms with van der Waals surface area (Å²) < 4.78 is 37.3. The van der Waals surface area contributed by atoms with Crippen LogP contribution < -0.4 is 5.73 Å². The van der Waals surface area contributed by atoms with Crippen LogP contribution in [0.1, 0.15) is 56.4 Å². The Kier molecular flexibility index (Phi) is 8.46. The normalized spacial score (nSPS) is 22.9. The Morgan fingerprint density at radius 1 is 1.27 bits per heavy atom. The first-order valence-corrected chi connectivity index (χ1v) is 16.6. The minimum atomic E-state index is -2.26. The second-order valence-corrected chi connectivity index (χ2v) is 17.3. The highest BCUT2D eigenvalue weighted by molar-refractivity contribution is 6.74. The molecule has 3 unspecified atom stereocenters. The van der Waals surface area contributed by atoms with Crippen molar-refractivity contribution in [3.05, 3.63) is 63.9 Å². The van der Waals surface area contributed by atoms with Gasteiger partial charge in [0.25, 0.3) is 0 Å². The van der Waals surface area contributed by atoms with Gasteiger partial charge in [0.05, 0.1) is 11.6 Å². The zero-order chi connectivity index (χ0) is 30.4. The number of carbonyl (C=O) groups excluding carboxylic acids is 2. The van der Waals surface area contributed by atoms with Gasteiger partial charge in [-0.05, 0) is 59.8 Å². The summed E-state index contributed by atoms with van der Waals surface area (Å²) in [5, 5.41) is 9.98. The molecule has 2 aliphatic rings. The zero-order valence-corrected chi connectivity index (χ0v) is 25.3. The molecule has 1 fully saturated rings. The number of nitrogens with zero attached hydrogens (tertiary/aromatic N) is 2. The molecule has 0 bridgehead atoms. The van der Waals surface area contributed by atoms with Crippen molar-refractivity contribution in [2.24, 2.45) is 5.92 Å². The first-order valence-electron chi connectivity index (χ1n) is 13.3. The second-order valence-electron chi connectivity index (χ2n) is 12.1. The van der Waals surface area contributed by atoms with Gasteiger partial charge in [0.15, 0.2) is 20.0 Å². The number of benzene rings is 1. The van der Waals surface area contributed by atoms with Crippen molar-refractivity contribution in [1.29, 1.82) is 0 Å². The lowest BCUT2D eigenvalue weighted by Gasteiger charge is -2.36. The highest BCUT2D eigenvalue weighted by atomic mass is 35.5. The molecule has 1 aromatic heterocycles. The van der Waals surface area contributed by atoms with Crippen LogP contribution in [0, 0.1) is 17.6 Å². The second kappa shape index (κ2) is 11.3. The summed E-state index contributed by atoms with van der Waals surface area (Å²) in [6.07, 6.45) is 2.99. The Morgan fingerprint density at radius 2 is 1.95 bits per heavy atom. The van der Waals surface area contributed by atoms with Crippen molar-refractivity contribution in [3.8, 4) is 0 Å². The van der Waals surface area contributed by atoms with E-state index in [0.717, 1.165) is 11.0 Å². The molecule has 1 aromatic carbocycles. The van der Waals surface area contributed by atoms with Crippen LogP contribution in [0.2, 0.25) is 23.2 Å². The number of hydrogen-bond acceptors (Lipinski definition) is 6. The molecule has 0 saturated carbocycles. The number of carboxylic acids is 1. The van der Waals surface area contributed by atoms with Crippen LogP contribution in [-0.4, -0.2) is 53.6 Å². The van der Waals surface area contributed by atoms with Crippen molar-refractivity contribution in [2.45, 2.75) is 76.4 Å². The van der Waals surface area contributed by atoms with Crippen LogP contribution in [-0.2, 0) is 25.4 Å². The molecule has 12 heteroatoms. The van der Waals surface area contributed by atoms with Gasteiger partial charge in [0.2, 0.25) is 5.91 Å². The molecule has 1 saturated heterocycles. The molecule has 2 aliphatic heterocycles. The highest BCUT2D eigenvalue weighted by Gasteiger charge is 2.56. The first-order chi connectivity index (χ1) is 19.1. The summed E-state index contributed by atoms with van der Waals surface area (Å²) in [5.74, 6) is -5.43. The summed E-state index contributed by atoms with van der Waals surface area (Å²) in [5.41, 5.74) is 6.32. The van der Waals surface area contributed by atoms with E-state index in [1.807, 2.05) is 13.1 Å². The van der Waals surface area contributed by atoms with E-state index in [9.17, 15) is 19.5 Å². The quantitative estimate of drug-likeness (QED) is 0.229. The summed E-state index contributed by atoms with van der Waals surface area (Å²) in [6, 6.07) is 1.79. The molecule has 1 amide bonds. The van der Waals surface area contributed by atoms with Crippen molar-refractivity contribution in [3.63, 3.8) is 0 Å². The number of carbonyl (C=O) groups is 3. The minimum Gasteiger partial charge on any atom is -0.480 e. The third-order valence-electron chi connectivity index (χ3n) is 8.73. The number of aldehydes is 1. The fourth-order valence-corrected chi connectivity index (χ4v) is 6.69. The van der Waals surface area contributed by atoms with Crippen LogP contribution >= 0.6 is 11.6 Å². The summed E-state index contributed by atoms with van der Waals surface area (Å²) >= 11 is 5.98. The van der Waals surface area contributed by atoms with Crippen molar-refractivity contribution in [2.75, 3.05) is 5.73 Å². The fraction of sp³-hybridized carbons (Fsp3) is 0.448. The summed E-state index contributed by atoms with van der Waals surface area (Å²) in [4.78, 5) is 43.3. The highest BCUT2D eigenvalue weighted by Crippen LogP contribution is 2.50. The van der Waals surface area contributed by atoms with E-state index in [-0.39, 0.29) is 57.6 Å². The topological polar surface area (TPSA) is 123 Å². The van der Waals surface area contributed by atoms with Gasteiger partial charge in [-0.2, -0.15) is 0 Å². The number of aromatic nitrogens is 1. The summed E-state index contributed by atoms with van der Waals surface area (Å²) in [6.45, 7) is 10.1. The number of pyridine rings is 1. The van der Waals surface area contributed by atoms with E-state index in [1.54, 1.807) is 0 Å². The maximum atomic E-state index is 16.1. The Balaban J connectivity index is 1.77. The standard InChI is InChI=1S/C29H34ClF2N3O5Si/c1-29(2,3)41(4,5)40-14-20-25(31)17(8-10-34-20)24-16(9-11-36)21-12-15(13-22(37)35(21)27(24)28(38)39)23-19(33)7-6-18(30)26(23)32/h6-8,10-11,13,16,21,24,27H,9,12,14,33H2,1-5H3,(H,38,39)/t16?,21?,24?,27-/m0/s1. The van der Waals surface area contributed by atoms with E-state index >= 15 is 8.78 Å². The Bertz CT molecular complexity index is 1430. The van der Waals surface area contributed by atoms with Crippen molar-refractivity contribution >= 4 is 49.3 Å². The molecule has 8 nitrogen and oxygen atoms in total. The first kappa shape index (κ1) is 30.8. The molecule has 0 radical (unpaired) electrons. The number of halogens is 3. The number of nitrogens with two attached hydrogens (primary N) is 1. The number of amides is 1. The van der Waals surface area contributed by atoms with Gasteiger partial charge in [-0.25, -0.2) is 13.6 Å². The predicted molar refractivity (Wildman–Crippen MR) is 154 cm³/mol. The van der Waals surface area contributed by atoms with Gasteiger partial charge in [0.1, 0.15) is 18.0 Å². The Hall–Kier alpha value is -3.15. The van der Waals surface area contributed by atoms with Gasteiger partial charge in [0, 0.05) is 41.9 Å². The van der Waals surface area contributed by atoms with E-state index in [0.29, 0.717) is 6.29 Å². The molecule has 0 aliphatic carbocycles. The monoisotopic (exact) mass is 605 g/mol. The van der Waals surface area contributed by atoms with Crippen LogP contribution in [0.5, 0.6) is 0 Å².